The number of hydrogen-bond donors (Lipinski definition) is 0. The van der Waals surface area contributed by atoms with Crippen molar-refractivity contribution in [3.63, 3.8) is 0 Å². The van der Waals surface area contributed by atoms with Crippen molar-refractivity contribution >= 4 is 38.4 Å². The van der Waals surface area contributed by atoms with E-state index in [0.717, 1.165) is 23.1 Å². The Kier molecular flexibility index (Phi) is 2.54. The van der Waals surface area contributed by atoms with Gasteiger partial charge in [-0.2, -0.15) is 0 Å². The second kappa shape index (κ2) is 4.96. The molecule has 0 saturated carbocycles. The molecule has 0 N–H and O–H groups in total. The van der Waals surface area contributed by atoms with Crippen LogP contribution in [0.4, 0.5) is 0 Å². The van der Waals surface area contributed by atoms with Crippen LogP contribution in [0.3, 0.4) is 0 Å². The van der Waals surface area contributed by atoms with Crippen molar-refractivity contribution in [2.45, 2.75) is 6.42 Å². The first-order chi connectivity index (χ1) is 13.9. The highest BCUT2D eigenvalue weighted by Crippen LogP contribution is 2.43. The fraction of sp³-hybridized carbons (Fsp3) is 0.0400. The molecule has 0 spiro atoms. The minimum Gasteiger partial charge on any atom is -0.292 e. The minimum atomic E-state index is 0.938. The molecule has 0 amide bonds. The van der Waals surface area contributed by atoms with Gasteiger partial charge < -0.3 is 0 Å². The van der Waals surface area contributed by atoms with Crippen LogP contribution in [-0.4, -0.2) is 14.4 Å². The van der Waals surface area contributed by atoms with Crippen LogP contribution in [0.15, 0.2) is 79.1 Å². The summed E-state index contributed by atoms with van der Waals surface area (Å²) >= 11 is 0. The Labute approximate surface area is 160 Å². The van der Waals surface area contributed by atoms with Crippen LogP contribution in [0.5, 0.6) is 0 Å². The summed E-state index contributed by atoms with van der Waals surface area (Å²) < 4.78 is 2.30. The molecule has 0 saturated heterocycles. The molecular weight excluding hydrogens is 342 g/mol. The lowest BCUT2D eigenvalue weighted by Crippen LogP contribution is -1.94. The Bertz CT molecular complexity index is 1590. The molecule has 0 aliphatic heterocycles. The number of fused-ring (bicyclic) bond motifs is 12. The molecule has 1 aliphatic rings. The Morgan fingerprint density at radius 2 is 1.64 bits per heavy atom. The third-order valence-corrected chi connectivity index (χ3v) is 6.10. The van der Waals surface area contributed by atoms with Gasteiger partial charge in [0, 0.05) is 17.0 Å². The van der Waals surface area contributed by atoms with Gasteiger partial charge in [0.25, 0.3) is 0 Å². The van der Waals surface area contributed by atoms with Gasteiger partial charge in [-0.1, -0.05) is 54.6 Å². The van der Waals surface area contributed by atoms with Crippen molar-refractivity contribution in [2.24, 2.45) is 0 Å². The molecule has 3 aromatic heterocycles. The first kappa shape index (κ1) is 14.4. The maximum Gasteiger partial charge on any atom is 0.146 e. The molecule has 0 fully saturated rings. The standard InChI is InChI=1S/C25H15N3/c1-2-6-16-15(5-1)13-20-17(16)9-10-19-18-7-3-4-8-22(18)28-23-11-12-26-14-21(23)27-25(28)24(19)20/h1-12,14H,13H2. The number of imidazole rings is 1. The van der Waals surface area contributed by atoms with Crippen LogP contribution >= 0.6 is 0 Å². The van der Waals surface area contributed by atoms with E-state index in [1.807, 2.05) is 12.4 Å². The summed E-state index contributed by atoms with van der Waals surface area (Å²) in [5.41, 5.74) is 9.74. The molecule has 7 rings (SSSR count). The predicted octanol–water partition coefficient (Wildman–Crippen LogP) is 5.76. The number of rotatable bonds is 0. The summed E-state index contributed by atoms with van der Waals surface area (Å²) in [5.74, 6) is 0. The van der Waals surface area contributed by atoms with Crippen LogP contribution < -0.4 is 0 Å². The van der Waals surface area contributed by atoms with Crippen molar-refractivity contribution in [3.05, 3.63) is 90.3 Å². The van der Waals surface area contributed by atoms with Crippen molar-refractivity contribution in [3.8, 4) is 11.1 Å². The van der Waals surface area contributed by atoms with E-state index in [1.54, 1.807) is 0 Å². The van der Waals surface area contributed by atoms with Crippen molar-refractivity contribution in [1.82, 2.24) is 14.4 Å². The fourth-order valence-electron chi connectivity index (χ4n) is 4.93. The summed E-state index contributed by atoms with van der Waals surface area (Å²) in [5, 5.41) is 3.81. The number of pyridine rings is 2. The zero-order valence-electron chi connectivity index (χ0n) is 15.1. The number of nitrogens with zero attached hydrogens (tertiary/aromatic N) is 3. The van der Waals surface area contributed by atoms with Crippen molar-refractivity contribution in [1.29, 1.82) is 0 Å². The molecule has 1 aliphatic carbocycles. The van der Waals surface area contributed by atoms with E-state index in [0.29, 0.717) is 0 Å². The molecule has 3 aromatic carbocycles. The molecule has 3 heteroatoms. The highest BCUT2D eigenvalue weighted by atomic mass is 15.0. The highest BCUT2D eigenvalue weighted by Gasteiger charge is 2.23. The molecule has 0 atom stereocenters. The molecule has 3 heterocycles. The van der Waals surface area contributed by atoms with Gasteiger partial charge in [-0.25, -0.2) is 4.98 Å². The highest BCUT2D eigenvalue weighted by molar-refractivity contribution is 6.16. The lowest BCUT2D eigenvalue weighted by atomic mass is 9.97. The van der Waals surface area contributed by atoms with Gasteiger partial charge >= 0.3 is 0 Å². The molecule has 130 valence electrons. The topological polar surface area (TPSA) is 30.2 Å². The number of aromatic nitrogens is 3. The Balaban J connectivity index is 1.79. The number of para-hydroxylation sites is 1. The number of hydrogen-bond acceptors (Lipinski definition) is 2. The second-order valence-corrected chi connectivity index (χ2v) is 7.50. The molecule has 28 heavy (non-hydrogen) atoms. The molecule has 0 radical (unpaired) electrons. The first-order valence-electron chi connectivity index (χ1n) is 9.57. The Hall–Kier alpha value is -3.72. The van der Waals surface area contributed by atoms with Gasteiger partial charge in [-0.15, -0.1) is 0 Å². The average molecular weight is 357 g/mol. The van der Waals surface area contributed by atoms with Crippen molar-refractivity contribution < 1.29 is 0 Å². The predicted molar refractivity (Wildman–Crippen MR) is 114 cm³/mol. The molecular formula is C25H15N3. The van der Waals surface area contributed by atoms with Crippen LogP contribution in [0, 0.1) is 0 Å². The molecule has 0 bridgehead atoms. The third-order valence-electron chi connectivity index (χ3n) is 6.10. The van der Waals surface area contributed by atoms with Gasteiger partial charge in [0.2, 0.25) is 0 Å². The quantitative estimate of drug-likeness (QED) is 0.323. The zero-order chi connectivity index (χ0) is 18.2. The lowest BCUT2D eigenvalue weighted by Gasteiger charge is -2.12. The molecule has 3 nitrogen and oxygen atoms in total. The van der Waals surface area contributed by atoms with Gasteiger partial charge in [-0.05, 0) is 46.2 Å². The van der Waals surface area contributed by atoms with Gasteiger partial charge in [0.15, 0.2) is 0 Å². The van der Waals surface area contributed by atoms with Gasteiger partial charge in [0.1, 0.15) is 11.2 Å². The zero-order valence-corrected chi connectivity index (χ0v) is 15.1. The monoisotopic (exact) mass is 357 g/mol. The normalized spacial score (nSPS) is 12.9. The summed E-state index contributed by atoms with van der Waals surface area (Å²) in [6, 6.07) is 24.0. The lowest BCUT2D eigenvalue weighted by molar-refractivity contribution is 1.27. The van der Waals surface area contributed by atoms with Gasteiger partial charge in [-0.3, -0.25) is 9.38 Å². The smallest absolute Gasteiger partial charge is 0.146 e. The maximum atomic E-state index is 5.03. The number of benzene rings is 3. The summed E-state index contributed by atoms with van der Waals surface area (Å²) in [4.78, 5) is 9.33. The van der Waals surface area contributed by atoms with Crippen LogP contribution in [-0.2, 0) is 6.42 Å². The largest absolute Gasteiger partial charge is 0.292 e. The van der Waals surface area contributed by atoms with E-state index in [2.05, 4.69) is 76.1 Å². The average Bonchev–Trinajstić information content (AvgIpc) is 3.32. The minimum absolute atomic E-state index is 0.938. The van der Waals surface area contributed by atoms with Crippen molar-refractivity contribution in [2.75, 3.05) is 0 Å². The summed E-state index contributed by atoms with van der Waals surface area (Å²) in [6.45, 7) is 0. The molecule has 0 unspecified atom stereocenters. The van der Waals surface area contributed by atoms with Gasteiger partial charge in [0.05, 0.1) is 17.2 Å². The van der Waals surface area contributed by atoms with E-state index in [-0.39, 0.29) is 0 Å². The first-order valence-corrected chi connectivity index (χ1v) is 9.57. The SMILES string of the molecule is c1ccc2c(c1)Cc1c-2ccc2c3ccccc3n3c4ccncc4nc3c12. The Morgan fingerprint density at radius 1 is 0.750 bits per heavy atom. The summed E-state index contributed by atoms with van der Waals surface area (Å²) in [6.07, 6.45) is 4.67. The molecule has 6 aromatic rings. The van der Waals surface area contributed by atoms with Crippen LogP contribution in [0.25, 0.3) is 49.5 Å². The van der Waals surface area contributed by atoms with Crippen LogP contribution in [0.1, 0.15) is 11.1 Å². The third kappa shape index (κ3) is 1.65. The second-order valence-electron chi connectivity index (χ2n) is 7.50. The maximum absolute atomic E-state index is 5.03. The van der Waals surface area contributed by atoms with E-state index in [1.165, 1.54) is 43.9 Å². The van der Waals surface area contributed by atoms with E-state index in [9.17, 15) is 0 Å². The van der Waals surface area contributed by atoms with Crippen LogP contribution in [0.2, 0.25) is 0 Å². The van der Waals surface area contributed by atoms with E-state index >= 15 is 0 Å². The van der Waals surface area contributed by atoms with E-state index in [4.69, 9.17) is 4.98 Å². The summed E-state index contributed by atoms with van der Waals surface area (Å²) in [7, 11) is 0. The van der Waals surface area contributed by atoms with E-state index < -0.39 is 0 Å². The Morgan fingerprint density at radius 3 is 2.64 bits per heavy atom. The fourth-order valence-corrected chi connectivity index (χ4v) is 4.93.